The van der Waals surface area contributed by atoms with E-state index < -0.39 is 0 Å². The van der Waals surface area contributed by atoms with Crippen molar-refractivity contribution in [1.82, 2.24) is 14.7 Å². The molecule has 2 heterocycles. The zero-order valence-electron chi connectivity index (χ0n) is 12.9. The maximum absolute atomic E-state index is 9.50. The zero-order valence-corrected chi connectivity index (χ0v) is 13.7. The van der Waals surface area contributed by atoms with Gasteiger partial charge >= 0.3 is 0 Å². The van der Waals surface area contributed by atoms with Crippen LogP contribution in [-0.4, -0.2) is 27.6 Å². The minimum absolute atomic E-state index is 0.339. The molecule has 5 heteroatoms. The lowest BCUT2D eigenvalue weighted by atomic mass is 9.79. The molecule has 0 aromatic carbocycles. The highest BCUT2D eigenvalue weighted by Crippen LogP contribution is 2.29. The van der Waals surface area contributed by atoms with Crippen LogP contribution in [0, 0.1) is 25.7 Å². The number of hydrogen-bond donors (Lipinski definition) is 2. The molecule has 2 aromatic heterocycles. The van der Waals surface area contributed by atoms with Crippen LogP contribution in [0.5, 0.6) is 0 Å². The Morgan fingerprint density at radius 3 is 2.86 bits per heavy atom. The molecule has 0 amide bonds. The van der Waals surface area contributed by atoms with Crippen molar-refractivity contribution in [3.05, 3.63) is 22.5 Å². The van der Waals surface area contributed by atoms with Gasteiger partial charge in [0.05, 0.1) is 11.4 Å². The summed E-state index contributed by atoms with van der Waals surface area (Å²) in [6, 6.07) is 0. The van der Waals surface area contributed by atoms with Gasteiger partial charge in [-0.1, -0.05) is 12.8 Å². The fourth-order valence-corrected chi connectivity index (χ4v) is 4.48. The fourth-order valence-electron chi connectivity index (χ4n) is 3.55. The van der Waals surface area contributed by atoms with Crippen molar-refractivity contribution >= 4 is 16.3 Å². The second kappa shape index (κ2) is 6.46. The molecule has 0 spiro atoms. The molecule has 21 heavy (non-hydrogen) atoms. The van der Waals surface area contributed by atoms with Crippen LogP contribution in [0.25, 0.3) is 4.96 Å². The molecule has 2 aromatic rings. The third kappa shape index (κ3) is 3.00. The van der Waals surface area contributed by atoms with Crippen molar-refractivity contribution in [2.45, 2.75) is 46.1 Å². The molecule has 2 atom stereocenters. The Balaban J connectivity index is 1.64. The first kappa shape index (κ1) is 15.0. The smallest absolute Gasteiger partial charge is 0.194 e. The van der Waals surface area contributed by atoms with Gasteiger partial charge in [-0.15, -0.1) is 11.3 Å². The fraction of sp³-hybridized carbons (Fsp3) is 0.688. The number of rotatable bonds is 5. The molecule has 0 saturated heterocycles. The van der Waals surface area contributed by atoms with E-state index in [0.717, 1.165) is 23.7 Å². The van der Waals surface area contributed by atoms with Gasteiger partial charge in [0, 0.05) is 24.2 Å². The lowest BCUT2D eigenvalue weighted by Gasteiger charge is -2.30. The lowest BCUT2D eigenvalue weighted by molar-refractivity contribution is 0.133. The summed E-state index contributed by atoms with van der Waals surface area (Å²) in [6.45, 7) is 6.43. The Morgan fingerprint density at radius 2 is 2.10 bits per heavy atom. The summed E-state index contributed by atoms with van der Waals surface area (Å²) in [5.41, 5.74) is 3.67. The van der Waals surface area contributed by atoms with Crippen molar-refractivity contribution in [3.8, 4) is 0 Å². The van der Waals surface area contributed by atoms with Gasteiger partial charge in [0.15, 0.2) is 4.96 Å². The molecule has 2 unspecified atom stereocenters. The van der Waals surface area contributed by atoms with E-state index in [9.17, 15) is 5.11 Å². The molecule has 1 aliphatic rings. The van der Waals surface area contributed by atoms with E-state index >= 15 is 0 Å². The largest absolute Gasteiger partial charge is 0.396 e. The predicted octanol–water partition coefficient (Wildman–Crippen LogP) is 2.90. The van der Waals surface area contributed by atoms with Crippen molar-refractivity contribution in [3.63, 3.8) is 0 Å². The summed E-state index contributed by atoms with van der Waals surface area (Å²) in [4.78, 5) is 5.72. The predicted molar refractivity (Wildman–Crippen MR) is 86.8 cm³/mol. The summed E-state index contributed by atoms with van der Waals surface area (Å²) >= 11 is 1.71. The van der Waals surface area contributed by atoms with Crippen molar-refractivity contribution < 1.29 is 5.11 Å². The number of aliphatic hydroxyl groups excluding tert-OH is 1. The number of aryl methyl sites for hydroxylation is 2. The van der Waals surface area contributed by atoms with Gasteiger partial charge in [0.1, 0.15) is 0 Å². The summed E-state index contributed by atoms with van der Waals surface area (Å²) in [5, 5.41) is 15.3. The molecule has 0 bridgehead atoms. The number of aromatic nitrogens is 2. The van der Waals surface area contributed by atoms with Crippen molar-refractivity contribution in [2.75, 3.05) is 13.2 Å². The summed E-state index contributed by atoms with van der Waals surface area (Å²) in [6.07, 6.45) is 5.01. The SMILES string of the molecule is Cc1nc2scc(C)n2c1CNCC1CCCCC1CO. The van der Waals surface area contributed by atoms with Crippen LogP contribution in [0.15, 0.2) is 5.38 Å². The highest BCUT2D eigenvalue weighted by atomic mass is 32.1. The molecule has 116 valence electrons. The van der Waals surface area contributed by atoms with E-state index in [4.69, 9.17) is 0 Å². The second-order valence-electron chi connectivity index (χ2n) is 6.26. The number of fused-ring (bicyclic) bond motifs is 1. The lowest BCUT2D eigenvalue weighted by Crippen LogP contribution is -2.32. The average molecular weight is 307 g/mol. The van der Waals surface area contributed by atoms with Gasteiger partial charge in [-0.05, 0) is 45.1 Å². The van der Waals surface area contributed by atoms with Crippen LogP contribution in [0.1, 0.15) is 42.8 Å². The van der Waals surface area contributed by atoms with Gasteiger partial charge in [0.2, 0.25) is 0 Å². The quantitative estimate of drug-likeness (QED) is 0.893. The standard InChI is InChI=1S/C16H25N3OS/c1-11-10-21-16-18-12(2)15(19(11)16)8-17-7-13-5-3-4-6-14(13)9-20/h10,13-14,17,20H,3-9H2,1-2H3. The van der Waals surface area contributed by atoms with Gasteiger partial charge in [0.25, 0.3) is 0 Å². The number of aliphatic hydroxyl groups is 1. The van der Waals surface area contributed by atoms with Crippen LogP contribution in [0.3, 0.4) is 0 Å². The van der Waals surface area contributed by atoms with Crippen molar-refractivity contribution in [2.24, 2.45) is 11.8 Å². The maximum Gasteiger partial charge on any atom is 0.194 e. The first-order chi connectivity index (χ1) is 10.2. The minimum Gasteiger partial charge on any atom is -0.396 e. The topological polar surface area (TPSA) is 49.6 Å². The Hall–Kier alpha value is -0.910. The number of hydrogen-bond acceptors (Lipinski definition) is 4. The molecule has 1 saturated carbocycles. The molecule has 0 aliphatic heterocycles. The Labute approximate surface area is 130 Å². The maximum atomic E-state index is 9.50. The average Bonchev–Trinajstić information content (AvgIpc) is 3.00. The first-order valence-electron chi connectivity index (χ1n) is 7.94. The molecule has 0 radical (unpaired) electrons. The molecule has 3 rings (SSSR count). The highest BCUT2D eigenvalue weighted by Gasteiger charge is 2.24. The van der Waals surface area contributed by atoms with Gasteiger partial charge in [-0.2, -0.15) is 0 Å². The van der Waals surface area contributed by atoms with E-state index in [-0.39, 0.29) is 0 Å². The van der Waals surface area contributed by atoms with E-state index in [1.165, 1.54) is 37.1 Å². The van der Waals surface area contributed by atoms with E-state index in [1.54, 1.807) is 11.3 Å². The first-order valence-corrected chi connectivity index (χ1v) is 8.82. The van der Waals surface area contributed by atoms with Crippen LogP contribution >= 0.6 is 11.3 Å². The Morgan fingerprint density at radius 1 is 1.33 bits per heavy atom. The number of nitrogens with one attached hydrogen (secondary N) is 1. The highest BCUT2D eigenvalue weighted by molar-refractivity contribution is 7.15. The third-order valence-corrected chi connectivity index (χ3v) is 5.77. The van der Waals surface area contributed by atoms with Crippen LogP contribution in [0.2, 0.25) is 0 Å². The van der Waals surface area contributed by atoms with E-state index in [0.29, 0.717) is 18.4 Å². The number of imidazole rings is 1. The molecule has 2 N–H and O–H groups in total. The van der Waals surface area contributed by atoms with E-state index in [2.05, 4.69) is 33.9 Å². The second-order valence-corrected chi connectivity index (χ2v) is 7.09. The minimum atomic E-state index is 0.339. The van der Waals surface area contributed by atoms with Crippen LogP contribution < -0.4 is 5.32 Å². The Kier molecular flexibility index (Phi) is 4.62. The summed E-state index contributed by atoms with van der Waals surface area (Å²) in [5.74, 6) is 1.11. The molecule has 1 fully saturated rings. The molecular formula is C16H25N3OS. The Bertz CT molecular complexity index is 604. The zero-order chi connectivity index (χ0) is 14.8. The number of thiazole rings is 1. The van der Waals surface area contributed by atoms with Gasteiger partial charge in [-0.3, -0.25) is 4.40 Å². The van der Waals surface area contributed by atoms with E-state index in [1.807, 2.05) is 0 Å². The van der Waals surface area contributed by atoms with Gasteiger partial charge in [-0.25, -0.2) is 4.98 Å². The van der Waals surface area contributed by atoms with Crippen LogP contribution in [-0.2, 0) is 6.54 Å². The van der Waals surface area contributed by atoms with Gasteiger partial charge < -0.3 is 10.4 Å². The molecule has 4 nitrogen and oxygen atoms in total. The van der Waals surface area contributed by atoms with Crippen molar-refractivity contribution in [1.29, 1.82) is 0 Å². The normalized spacial score (nSPS) is 23.0. The summed E-state index contributed by atoms with van der Waals surface area (Å²) in [7, 11) is 0. The molecular weight excluding hydrogens is 282 g/mol. The number of nitrogens with zero attached hydrogens (tertiary/aromatic N) is 2. The van der Waals surface area contributed by atoms with Crippen LogP contribution in [0.4, 0.5) is 0 Å². The summed E-state index contributed by atoms with van der Waals surface area (Å²) < 4.78 is 2.26. The third-order valence-electron chi connectivity index (χ3n) is 4.83. The monoisotopic (exact) mass is 307 g/mol. The molecule has 1 aliphatic carbocycles.